The Morgan fingerprint density at radius 1 is 1.22 bits per heavy atom. The Morgan fingerprint density at radius 2 is 1.96 bits per heavy atom. The quantitative estimate of drug-likeness (QED) is 0.939. The molecule has 0 spiro atoms. The second-order valence-corrected chi connectivity index (χ2v) is 5.28. The number of aromatic nitrogens is 1. The van der Waals surface area contributed by atoms with E-state index >= 15 is 0 Å². The summed E-state index contributed by atoms with van der Waals surface area (Å²) in [5, 5.41) is 15.8. The first-order valence-corrected chi connectivity index (χ1v) is 7.24. The molecule has 118 valence electrons. The minimum Gasteiger partial charge on any atom is -0.496 e. The summed E-state index contributed by atoms with van der Waals surface area (Å²) < 4.78 is 5.41. The van der Waals surface area contributed by atoms with E-state index in [9.17, 15) is 9.90 Å². The molecule has 2 heterocycles. The van der Waals surface area contributed by atoms with Crippen LogP contribution in [-0.4, -0.2) is 28.9 Å². The van der Waals surface area contributed by atoms with Crippen molar-refractivity contribution in [3.05, 3.63) is 54.2 Å². The van der Waals surface area contributed by atoms with Crippen LogP contribution in [0.15, 0.2) is 53.8 Å². The number of aliphatic carboxylic acids is 1. The number of para-hydroxylation sites is 1. The molecule has 23 heavy (non-hydrogen) atoms. The lowest BCUT2D eigenvalue weighted by Gasteiger charge is -2.27. The maximum atomic E-state index is 11.8. The molecule has 3 rings (SSSR count). The van der Waals surface area contributed by atoms with Crippen molar-refractivity contribution in [1.29, 1.82) is 0 Å². The molecule has 1 aliphatic rings. The van der Waals surface area contributed by atoms with Crippen LogP contribution in [0.2, 0.25) is 0 Å². The van der Waals surface area contributed by atoms with Gasteiger partial charge in [-0.15, -0.1) is 0 Å². The molecule has 0 fully saturated rings. The second-order valence-electron chi connectivity index (χ2n) is 5.28. The first kappa shape index (κ1) is 15.0. The Labute approximate surface area is 134 Å². The summed E-state index contributed by atoms with van der Waals surface area (Å²) in [6, 6.07) is 12.4. The van der Waals surface area contributed by atoms with Gasteiger partial charge in [0.1, 0.15) is 23.5 Å². The lowest BCUT2D eigenvalue weighted by atomic mass is 9.90. The fraction of sp³-hybridized carbons (Fsp3) is 0.235. The third-order valence-corrected chi connectivity index (χ3v) is 3.90. The number of carbonyl (C=O) groups is 1. The number of hydrogen-bond donors (Lipinski definition) is 1. The lowest BCUT2D eigenvalue weighted by molar-refractivity contribution is -0.139. The molecule has 2 unspecified atom stereocenters. The van der Waals surface area contributed by atoms with E-state index in [1.807, 2.05) is 42.5 Å². The molecule has 2 aromatic rings. The highest BCUT2D eigenvalue weighted by atomic mass is 16.5. The number of pyridine rings is 1. The smallest absolute Gasteiger partial charge is 0.314 e. The molecule has 0 radical (unpaired) electrons. The van der Waals surface area contributed by atoms with E-state index in [4.69, 9.17) is 4.74 Å². The molecule has 1 aromatic carbocycles. The zero-order valence-corrected chi connectivity index (χ0v) is 12.9. The molecule has 6 nitrogen and oxygen atoms in total. The molecule has 0 aliphatic carbocycles. The summed E-state index contributed by atoms with van der Waals surface area (Å²) in [4.78, 5) is 16.1. The van der Waals surface area contributed by atoms with Crippen LogP contribution in [0.25, 0.3) is 0 Å². The van der Waals surface area contributed by atoms with Crippen LogP contribution in [-0.2, 0) is 4.79 Å². The van der Waals surface area contributed by atoms with Crippen LogP contribution in [0.4, 0.5) is 5.82 Å². The van der Waals surface area contributed by atoms with Crippen molar-refractivity contribution in [3.8, 4) is 5.75 Å². The standard InChI is InChI=1S/C17H17N3O3/c1-11-15(17(21)22)16(12-7-3-4-8-13(12)23-2)20(19-11)14-9-5-6-10-18-14/h3-10,15-16H,1-2H3,(H,21,22). The van der Waals surface area contributed by atoms with Crippen LogP contribution in [0.1, 0.15) is 18.5 Å². The van der Waals surface area contributed by atoms with Crippen molar-refractivity contribution in [2.24, 2.45) is 11.0 Å². The van der Waals surface area contributed by atoms with Gasteiger partial charge in [-0.1, -0.05) is 24.3 Å². The molecule has 0 saturated carbocycles. The van der Waals surface area contributed by atoms with E-state index in [1.165, 1.54) is 0 Å². The van der Waals surface area contributed by atoms with Crippen LogP contribution < -0.4 is 9.75 Å². The van der Waals surface area contributed by atoms with Crippen molar-refractivity contribution >= 4 is 17.5 Å². The van der Waals surface area contributed by atoms with E-state index in [0.29, 0.717) is 17.3 Å². The fourth-order valence-corrected chi connectivity index (χ4v) is 2.88. The van der Waals surface area contributed by atoms with Crippen LogP contribution in [0, 0.1) is 5.92 Å². The van der Waals surface area contributed by atoms with E-state index in [-0.39, 0.29) is 0 Å². The number of rotatable bonds is 4. The molecular formula is C17H17N3O3. The largest absolute Gasteiger partial charge is 0.496 e. The Morgan fingerprint density at radius 3 is 2.61 bits per heavy atom. The van der Waals surface area contributed by atoms with Gasteiger partial charge < -0.3 is 9.84 Å². The molecule has 0 bridgehead atoms. The van der Waals surface area contributed by atoms with Crippen molar-refractivity contribution < 1.29 is 14.6 Å². The summed E-state index contributed by atoms with van der Waals surface area (Å²) in [5.74, 6) is -0.435. The van der Waals surface area contributed by atoms with Crippen LogP contribution >= 0.6 is 0 Å². The Bertz CT molecular complexity index is 746. The van der Waals surface area contributed by atoms with Gasteiger partial charge in [0.15, 0.2) is 0 Å². The van der Waals surface area contributed by atoms with Crippen LogP contribution in [0.5, 0.6) is 5.75 Å². The lowest BCUT2D eigenvalue weighted by Crippen LogP contribution is -2.31. The zero-order valence-electron chi connectivity index (χ0n) is 12.9. The molecule has 0 saturated heterocycles. The predicted octanol–water partition coefficient (Wildman–Crippen LogP) is 2.73. The van der Waals surface area contributed by atoms with Gasteiger partial charge in [-0.25, -0.2) is 9.99 Å². The summed E-state index contributed by atoms with van der Waals surface area (Å²) in [6.45, 7) is 1.73. The van der Waals surface area contributed by atoms with Crippen LogP contribution in [0.3, 0.4) is 0 Å². The minimum atomic E-state index is -0.916. The number of nitrogens with zero attached hydrogens (tertiary/aromatic N) is 3. The van der Waals surface area contributed by atoms with Gasteiger partial charge in [0.25, 0.3) is 0 Å². The van der Waals surface area contributed by atoms with Gasteiger partial charge in [0, 0.05) is 11.8 Å². The van der Waals surface area contributed by atoms with Gasteiger partial charge in [-0.2, -0.15) is 5.10 Å². The molecule has 1 aliphatic heterocycles. The van der Waals surface area contributed by atoms with Gasteiger partial charge >= 0.3 is 5.97 Å². The SMILES string of the molecule is COc1ccccc1C1C(C(=O)O)C(C)=NN1c1ccccn1. The van der Waals surface area contributed by atoms with Gasteiger partial charge in [-0.05, 0) is 25.1 Å². The normalized spacial score (nSPS) is 20.3. The van der Waals surface area contributed by atoms with E-state index in [1.54, 1.807) is 25.2 Å². The highest BCUT2D eigenvalue weighted by Crippen LogP contribution is 2.41. The van der Waals surface area contributed by atoms with E-state index in [2.05, 4.69) is 10.1 Å². The average molecular weight is 311 g/mol. The Kier molecular flexibility index (Phi) is 3.97. The number of ether oxygens (including phenoxy) is 1. The summed E-state index contributed by atoms with van der Waals surface area (Å²) in [6.07, 6.45) is 1.66. The Balaban J connectivity index is 2.13. The topological polar surface area (TPSA) is 75.0 Å². The maximum absolute atomic E-state index is 11.8. The van der Waals surface area contributed by atoms with Crippen molar-refractivity contribution in [2.45, 2.75) is 13.0 Å². The third kappa shape index (κ3) is 2.63. The number of methoxy groups -OCH3 is 1. The number of carboxylic acids is 1. The predicted molar refractivity (Wildman–Crippen MR) is 86.7 cm³/mol. The number of benzene rings is 1. The molecule has 1 aromatic heterocycles. The summed E-state index contributed by atoms with van der Waals surface area (Å²) >= 11 is 0. The highest BCUT2D eigenvalue weighted by Gasteiger charge is 2.43. The number of hydrogen-bond acceptors (Lipinski definition) is 5. The maximum Gasteiger partial charge on any atom is 0.314 e. The number of carboxylic acid groups (broad SMARTS) is 1. The average Bonchev–Trinajstić information content (AvgIpc) is 2.93. The first-order valence-electron chi connectivity index (χ1n) is 7.24. The zero-order chi connectivity index (χ0) is 16.4. The summed E-state index contributed by atoms with van der Waals surface area (Å²) in [5.41, 5.74) is 1.31. The van der Waals surface area contributed by atoms with Gasteiger partial charge in [0.05, 0.1) is 12.8 Å². The van der Waals surface area contributed by atoms with Gasteiger partial charge in [-0.3, -0.25) is 4.79 Å². The Hall–Kier alpha value is -2.89. The molecule has 0 amide bonds. The van der Waals surface area contributed by atoms with Crippen molar-refractivity contribution in [3.63, 3.8) is 0 Å². The first-order chi connectivity index (χ1) is 11.1. The molecule has 1 N–H and O–H groups in total. The monoisotopic (exact) mass is 311 g/mol. The highest BCUT2D eigenvalue weighted by molar-refractivity contribution is 6.03. The van der Waals surface area contributed by atoms with E-state index in [0.717, 1.165) is 5.56 Å². The molecule has 6 heteroatoms. The second kappa shape index (κ2) is 6.08. The van der Waals surface area contributed by atoms with Crippen molar-refractivity contribution in [2.75, 3.05) is 12.1 Å². The molecule has 2 atom stereocenters. The fourth-order valence-electron chi connectivity index (χ4n) is 2.88. The number of hydrazone groups is 1. The summed E-state index contributed by atoms with van der Waals surface area (Å²) in [7, 11) is 1.57. The third-order valence-electron chi connectivity index (χ3n) is 3.90. The number of anilines is 1. The van der Waals surface area contributed by atoms with Crippen molar-refractivity contribution in [1.82, 2.24) is 4.98 Å². The minimum absolute atomic E-state index is 0.501. The van der Waals surface area contributed by atoms with Gasteiger partial charge in [0.2, 0.25) is 0 Å². The van der Waals surface area contributed by atoms with E-state index < -0.39 is 17.9 Å². The molecular weight excluding hydrogens is 294 g/mol.